The van der Waals surface area contributed by atoms with Gasteiger partial charge in [-0.3, -0.25) is 4.79 Å². The molecule has 5 heteroatoms. The predicted octanol–water partition coefficient (Wildman–Crippen LogP) is 1.42. The molecule has 0 heterocycles. The number of hydrogen-bond donors (Lipinski definition) is 2. The third kappa shape index (κ3) is 3.21. The van der Waals surface area contributed by atoms with Gasteiger partial charge in [0, 0.05) is 13.6 Å². The summed E-state index contributed by atoms with van der Waals surface area (Å²) in [7, 11) is 1.58. The molecule has 3 N–H and O–H groups in total. The smallest absolute Gasteiger partial charge is 0.260 e. The lowest BCUT2D eigenvalue weighted by Crippen LogP contribution is -2.33. The van der Waals surface area contributed by atoms with E-state index in [-0.39, 0.29) is 5.91 Å². The fraction of sp³-hybridized carbons (Fsp3) is 0.364. The molecule has 1 amide bonds. The third-order valence-corrected chi connectivity index (χ3v) is 2.77. The Kier molecular flexibility index (Phi) is 4.76. The minimum Gasteiger partial charge on any atom is -0.480 e. The van der Waals surface area contributed by atoms with Crippen LogP contribution in [0.4, 0.5) is 0 Å². The van der Waals surface area contributed by atoms with Crippen molar-refractivity contribution in [3.05, 3.63) is 28.2 Å². The lowest BCUT2D eigenvalue weighted by atomic mass is 10.2. The van der Waals surface area contributed by atoms with Crippen LogP contribution in [0.25, 0.3) is 0 Å². The first-order chi connectivity index (χ1) is 7.58. The number of ether oxygens (including phenoxy) is 1. The molecule has 1 aromatic rings. The van der Waals surface area contributed by atoms with Gasteiger partial charge in [0.25, 0.3) is 5.91 Å². The molecule has 0 saturated heterocycles. The molecule has 0 spiro atoms. The molecule has 0 radical (unpaired) electrons. The van der Waals surface area contributed by atoms with E-state index in [0.717, 1.165) is 10.0 Å². The minimum absolute atomic E-state index is 0.158. The average Bonchev–Trinajstić information content (AvgIpc) is 2.30. The van der Waals surface area contributed by atoms with Crippen LogP contribution in [0.1, 0.15) is 12.5 Å². The lowest BCUT2D eigenvalue weighted by molar-refractivity contribution is -0.126. The highest BCUT2D eigenvalue weighted by Crippen LogP contribution is 2.26. The zero-order valence-electron chi connectivity index (χ0n) is 9.29. The van der Waals surface area contributed by atoms with Gasteiger partial charge < -0.3 is 15.8 Å². The molecule has 0 aliphatic carbocycles. The molecule has 1 atom stereocenters. The number of carbonyl (C=O) groups is 1. The molecule has 0 fully saturated rings. The zero-order chi connectivity index (χ0) is 12.1. The van der Waals surface area contributed by atoms with Crippen LogP contribution < -0.4 is 15.8 Å². The minimum atomic E-state index is -0.523. The van der Waals surface area contributed by atoms with Crippen LogP contribution in [-0.2, 0) is 11.3 Å². The molecule has 4 nitrogen and oxygen atoms in total. The van der Waals surface area contributed by atoms with Gasteiger partial charge in [-0.15, -0.1) is 0 Å². The molecule has 1 aromatic carbocycles. The summed E-state index contributed by atoms with van der Waals surface area (Å²) in [4.78, 5) is 11.3. The molecule has 1 unspecified atom stereocenters. The maximum atomic E-state index is 11.3. The molecule has 1 rings (SSSR count). The number of nitrogens with one attached hydrogen (secondary N) is 1. The topological polar surface area (TPSA) is 64.3 Å². The van der Waals surface area contributed by atoms with Crippen LogP contribution >= 0.6 is 15.9 Å². The summed E-state index contributed by atoms with van der Waals surface area (Å²) in [5.74, 6) is 0.475. The van der Waals surface area contributed by atoms with E-state index in [0.29, 0.717) is 12.3 Å². The average molecular weight is 287 g/mol. The molecular formula is C11H15BrN2O2. The van der Waals surface area contributed by atoms with E-state index in [1.807, 2.05) is 12.1 Å². The Morgan fingerprint density at radius 3 is 2.81 bits per heavy atom. The summed E-state index contributed by atoms with van der Waals surface area (Å²) in [6.45, 7) is 2.17. The van der Waals surface area contributed by atoms with Crippen LogP contribution in [0, 0.1) is 0 Å². The Hall–Kier alpha value is -1.07. The van der Waals surface area contributed by atoms with E-state index in [4.69, 9.17) is 10.5 Å². The second kappa shape index (κ2) is 5.86. The van der Waals surface area contributed by atoms with E-state index in [1.54, 1.807) is 20.0 Å². The van der Waals surface area contributed by atoms with Gasteiger partial charge >= 0.3 is 0 Å². The zero-order valence-corrected chi connectivity index (χ0v) is 10.9. The third-order valence-electron chi connectivity index (χ3n) is 2.15. The Morgan fingerprint density at radius 2 is 2.31 bits per heavy atom. The Morgan fingerprint density at radius 1 is 1.62 bits per heavy atom. The van der Waals surface area contributed by atoms with Crippen LogP contribution in [0.3, 0.4) is 0 Å². The summed E-state index contributed by atoms with van der Waals surface area (Å²) in [5.41, 5.74) is 6.52. The molecule has 0 aliphatic rings. The van der Waals surface area contributed by atoms with Crippen molar-refractivity contribution < 1.29 is 9.53 Å². The van der Waals surface area contributed by atoms with E-state index in [2.05, 4.69) is 21.2 Å². The van der Waals surface area contributed by atoms with Gasteiger partial charge in [-0.1, -0.05) is 6.07 Å². The number of carbonyl (C=O) groups excluding carboxylic acids is 1. The molecule has 88 valence electrons. The number of nitrogens with two attached hydrogens (primary N) is 1. The second-order valence-electron chi connectivity index (χ2n) is 3.34. The van der Waals surface area contributed by atoms with Crippen molar-refractivity contribution in [3.8, 4) is 5.75 Å². The highest BCUT2D eigenvalue weighted by atomic mass is 79.9. The van der Waals surface area contributed by atoms with E-state index in [1.165, 1.54) is 0 Å². The van der Waals surface area contributed by atoms with Crippen molar-refractivity contribution >= 4 is 21.8 Å². The molecule has 0 aliphatic heterocycles. The molecular weight excluding hydrogens is 272 g/mol. The standard InChI is InChI=1S/C11H15BrN2O2/c1-7(11(15)14-2)16-10-4-3-8(6-13)5-9(10)12/h3-5,7H,6,13H2,1-2H3,(H,14,15). The van der Waals surface area contributed by atoms with Crippen molar-refractivity contribution in [1.29, 1.82) is 0 Å². The Bertz CT molecular complexity index is 382. The van der Waals surface area contributed by atoms with Gasteiger partial charge in [0.2, 0.25) is 0 Å². The van der Waals surface area contributed by atoms with Crippen LogP contribution in [0.2, 0.25) is 0 Å². The summed E-state index contributed by atoms with van der Waals surface area (Å²) < 4.78 is 6.29. The van der Waals surface area contributed by atoms with Gasteiger partial charge in [0.1, 0.15) is 5.75 Å². The SMILES string of the molecule is CNC(=O)C(C)Oc1ccc(CN)cc1Br. The predicted molar refractivity (Wildman–Crippen MR) is 66.2 cm³/mol. The number of hydrogen-bond acceptors (Lipinski definition) is 3. The first-order valence-electron chi connectivity index (χ1n) is 4.95. The van der Waals surface area contributed by atoms with Gasteiger partial charge in [0.15, 0.2) is 6.10 Å². The summed E-state index contributed by atoms with van der Waals surface area (Å²) >= 11 is 3.38. The first-order valence-corrected chi connectivity index (χ1v) is 5.74. The number of halogens is 1. The Labute approximate surface area is 103 Å². The molecule has 16 heavy (non-hydrogen) atoms. The van der Waals surface area contributed by atoms with Crippen molar-refractivity contribution in [2.75, 3.05) is 7.05 Å². The van der Waals surface area contributed by atoms with E-state index in [9.17, 15) is 4.79 Å². The van der Waals surface area contributed by atoms with Crippen molar-refractivity contribution in [1.82, 2.24) is 5.32 Å². The quantitative estimate of drug-likeness (QED) is 0.880. The summed E-state index contributed by atoms with van der Waals surface area (Å²) in [6, 6.07) is 5.55. The number of rotatable bonds is 4. The largest absolute Gasteiger partial charge is 0.480 e. The molecule has 0 aromatic heterocycles. The van der Waals surface area contributed by atoms with Crippen molar-refractivity contribution in [3.63, 3.8) is 0 Å². The fourth-order valence-electron chi connectivity index (χ4n) is 1.21. The monoisotopic (exact) mass is 286 g/mol. The number of benzene rings is 1. The van der Waals surface area contributed by atoms with E-state index >= 15 is 0 Å². The molecule has 0 saturated carbocycles. The van der Waals surface area contributed by atoms with Crippen molar-refractivity contribution in [2.45, 2.75) is 19.6 Å². The van der Waals surface area contributed by atoms with Crippen LogP contribution in [0.5, 0.6) is 5.75 Å². The van der Waals surface area contributed by atoms with Gasteiger partial charge in [-0.2, -0.15) is 0 Å². The first kappa shape index (κ1) is 13.0. The maximum absolute atomic E-state index is 11.3. The molecule has 0 bridgehead atoms. The summed E-state index contributed by atoms with van der Waals surface area (Å²) in [6.07, 6.45) is -0.523. The number of amides is 1. The highest BCUT2D eigenvalue weighted by molar-refractivity contribution is 9.10. The lowest BCUT2D eigenvalue weighted by Gasteiger charge is -2.14. The van der Waals surface area contributed by atoms with Gasteiger partial charge in [-0.25, -0.2) is 0 Å². The maximum Gasteiger partial charge on any atom is 0.260 e. The van der Waals surface area contributed by atoms with Gasteiger partial charge in [-0.05, 0) is 40.5 Å². The van der Waals surface area contributed by atoms with Crippen LogP contribution in [0.15, 0.2) is 22.7 Å². The fourth-order valence-corrected chi connectivity index (χ4v) is 1.73. The summed E-state index contributed by atoms with van der Waals surface area (Å²) in [5, 5.41) is 2.53. The van der Waals surface area contributed by atoms with Gasteiger partial charge in [0.05, 0.1) is 4.47 Å². The normalized spacial score (nSPS) is 12.0. The second-order valence-corrected chi connectivity index (χ2v) is 4.20. The Balaban J connectivity index is 2.78. The van der Waals surface area contributed by atoms with Crippen molar-refractivity contribution in [2.24, 2.45) is 5.73 Å². The van der Waals surface area contributed by atoms with Crippen LogP contribution in [-0.4, -0.2) is 19.1 Å². The number of likely N-dealkylation sites (N-methyl/N-ethyl adjacent to an activating group) is 1. The highest BCUT2D eigenvalue weighted by Gasteiger charge is 2.14. The van der Waals surface area contributed by atoms with E-state index < -0.39 is 6.10 Å².